The highest BCUT2D eigenvalue weighted by Gasteiger charge is 2.36. The smallest absolute Gasteiger partial charge is 0.415 e. The number of nitrogen functional groups attached to an aromatic ring is 2. The van der Waals surface area contributed by atoms with E-state index in [9.17, 15) is 46.8 Å². The molecule has 10 saturated heterocycles. The molecule has 133 heavy (non-hydrogen) atoms. The Morgan fingerprint density at radius 1 is 0.474 bits per heavy atom. The highest BCUT2D eigenvalue weighted by molar-refractivity contribution is 7.86. The van der Waals surface area contributed by atoms with E-state index in [0.717, 1.165) is 194 Å². The van der Waals surface area contributed by atoms with E-state index in [1.165, 1.54) is 6.07 Å². The number of aryl methyl sites for hydroxylation is 1. The summed E-state index contributed by atoms with van der Waals surface area (Å²) in [5, 5.41) is 27.7. The summed E-state index contributed by atoms with van der Waals surface area (Å²) in [5.41, 5.74) is 14.1. The van der Waals surface area contributed by atoms with Crippen LogP contribution in [0.4, 0.5) is 35.3 Å². The number of carbonyl (C=O) groups excluding carboxylic acids is 8. The van der Waals surface area contributed by atoms with Crippen LogP contribution in [0.3, 0.4) is 0 Å². The lowest BCUT2D eigenvalue weighted by molar-refractivity contribution is -0.149. The molecule has 734 valence electrons. The predicted molar refractivity (Wildman–Crippen MR) is 508 cm³/mol. The molecule has 10 amide bonds. The quantitative estimate of drug-likeness (QED) is 0.0192. The maximum absolute atomic E-state index is 12.8. The minimum Gasteiger partial charge on any atom is -0.493 e. The molecular formula is C96H140Cl2N14O20S. The highest BCUT2D eigenvalue weighted by atomic mass is 35.5. The number of ether oxygens (including phenoxy) is 7. The van der Waals surface area contributed by atoms with Crippen molar-refractivity contribution in [1.29, 1.82) is 0 Å². The number of aliphatic hydroxyl groups excluding tert-OH is 2. The van der Waals surface area contributed by atoms with Crippen molar-refractivity contribution in [3.05, 3.63) is 136 Å². The van der Waals surface area contributed by atoms with E-state index in [-0.39, 0.29) is 96.8 Å². The number of nitrogens with one attached hydrogen (secondary N) is 3. The molecule has 2 atom stereocenters. The van der Waals surface area contributed by atoms with E-state index in [2.05, 4.69) is 20.9 Å². The van der Waals surface area contributed by atoms with E-state index in [0.29, 0.717) is 172 Å². The van der Waals surface area contributed by atoms with Crippen LogP contribution in [0, 0.1) is 36.5 Å². The number of anilines is 2. The summed E-state index contributed by atoms with van der Waals surface area (Å²) in [6, 6.07) is 31.5. The van der Waals surface area contributed by atoms with Crippen LogP contribution in [0.25, 0.3) is 0 Å². The van der Waals surface area contributed by atoms with Crippen molar-refractivity contribution < 1.29 is 94.3 Å². The fourth-order valence-electron chi connectivity index (χ4n) is 17.2. The number of amides is 10. The number of nitrogens with zero attached hydrogens (tertiary/aromatic N) is 9. The number of rotatable bonds is 22. The van der Waals surface area contributed by atoms with Gasteiger partial charge in [-0.05, 0) is 203 Å². The number of para-hydroxylation sites is 2. The van der Waals surface area contributed by atoms with Gasteiger partial charge in [-0.3, -0.25) is 23.5 Å². The molecule has 34 nitrogen and oxygen atoms in total. The molecule has 0 bridgehead atoms. The van der Waals surface area contributed by atoms with E-state index < -0.39 is 10.1 Å². The summed E-state index contributed by atoms with van der Waals surface area (Å²) in [5.74, 6) is 2.67. The molecule has 10 heterocycles. The fraction of sp³-hybridized carbons (Fsp3) is 0.604. The standard InChI is InChI=1S/C25H38ClN5O4.C18H26N2O4S.C15H19NO4.C14H20ClN3O3.C13H17NO3.C11H20N2O2/c1-2-34-23-14-22(27)21(26)13-20(23)24(32)28-15-19-17-29(11-12-35-19)16-18-5-9-31(10-6-18)25(33)30-7-3-4-8-30;1-15-4-6-17(7-5-15)25(22,23)24-14-16-8-12-20(13-9-16)18(21)19-10-2-3-11-19;1-2-19-14(17)12-8-10-16(11-9-12)15(18)20-13-6-4-3-5-7-13;1-2-20-13-6-12(16)11(15)5-10(13)14(19)18-8-9-7-17-3-4-21-9;15-10-11-6-8-14(9-7-11)13(16)17-12-4-2-1-3-5-12;14-9-10-3-7-13(8-4-10)11(15)12-5-1-2-6-12/h13-14,18-19H,2-12,15-17,27H2,1H3,(H,28,32);4-7,16H,2-3,8-14H2,1H3;3-7,12H,2,8-11H2,1H3;5-6,9,17H,2-4,7-8,16H2,1H3,(H,18,19);1-5,11,15H,6-10H2;10,14H,1-9H2. The van der Waals surface area contributed by atoms with Crippen LogP contribution in [0.5, 0.6) is 23.0 Å². The van der Waals surface area contributed by atoms with Gasteiger partial charge >= 0.3 is 36.2 Å². The minimum atomic E-state index is -3.71. The maximum atomic E-state index is 12.8. The molecule has 37 heteroatoms. The Kier molecular flexibility index (Phi) is 43.9. The number of hydrogen-bond donors (Lipinski definition) is 7. The first kappa shape index (κ1) is 105. The molecule has 10 fully saturated rings. The summed E-state index contributed by atoms with van der Waals surface area (Å²) in [4.78, 5) is 115. The number of benzene rings is 5. The van der Waals surface area contributed by atoms with Crippen LogP contribution in [0.2, 0.25) is 10.0 Å². The predicted octanol–water partition coefficient (Wildman–Crippen LogP) is 11.6. The lowest BCUT2D eigenvalue weighted by atomic mass is 9.96. The molecule has 10 aliphatic rings. The van der Waals surface area contributed by atoms with Gasteiger partial charge < -0.3 is 110 Å². The van der Waals surface area contributed by atoms with Gasteiger partial charge in [0, 0.05) is 176 Å². The van der Waals surface area contributed by atoms with E-state index in [1.54, 1.807) is 83.5 Å². The topological polar surface area (TPSA) is 402 Å². The second-order valence-electron chi connectivity index (χ2n) is 34.9. The molecule has 0 aliphatic carbocycles. The Labute approximate surface area is 793 Å². The Morgan fingerprint density at radius 2 is 0.865 bits per heavy atom. The molecule has 0 spiro atoms. The number of carbonyl (C=O) groups is 8. The van der Waals surface area contributed by atoms with E-state index >= 15 is 0 Å². The van der Waals surface area contributed by atoms with Crippen molar-refractivity contribution >= 4 is 92.8 Å². The van der Waals surface area contributed by atoms with Crippen molar-refractivity contribution in [2.75, 3.05) is 215 Å². The second-order valence-corrected chi connectivity index (χ2v) is 37.3. The number of nitrogens with two attached hydrogens (primary N) is 2. The van der Waals surface area contributed by atoms with Gasteiger partial charge in [-0.1, -0.05) is 77.3 Å². The number of likely N-dealkylation sites (tertiary alicyclic amines) is 8. The van der Waals surface area contributed by atoms with Gasteiger partial charge in [-0.15, -0.1) is 0 Å². The molecule has 5 aromatic rings. The third kappa shape index (κ3) is 34.0. The van der Waals surface area contributed by atoms with Crippen molar-refractivity contribution in [2.45, 2.75) is 148 Å². The van der Waals surface area contributed by atoms with E-state index in [4.69, 9.17) is 82.2 Å². The Hall–Kier alpha value is -9.69. The summed E-state index contributed by atoms with van der Waals surface area (Å²) in [6.45, 7) is 28.1. The third-order valence-electron chi connectivity index (χ3n) is 25.2. The number of hydrogen-bond acceptors (Lipinski definition) is 24. The zero-order chi connectivity index (χ0) is 95.0. The fourth-order valence-corrected chi connectivity index (χ4v) is 18.5. The minimum absolute atomic E-state index is 0.0255. The van der Waals surface area contributed by atoms with Crippen LogP contribution < -0.4 is 46.4 Å². The van der Waals surface area contributed by atoms with Crippen molar-refractivity contribution in [3.63, 3.8) is 0 Å². The highest BCUT2D eigenvalue weighted by Crippen LogP contribution is 2.33. The molecule has 2 unspecified atom stereocenters. The summed E-state index contributed by atoms with van der Waals surface area (Å²) >= 11 is 12.1. The average Bonchev–Trinajstić information content (AvgIpc) is 1.21. The molecule has 15 rings (SSSR count). The van der Waals surface area contributed by atoms with Gasteiger partial charge in [0.25, 0.3) is 21.9 Å². The van der Waals surface area contributed by atoms with Crippen LogP contribution in [-0.2, 0) is 33.3 Å². The molecule has 0 saturated carbocycles. The number of piperidine rings is 5. The molecule has 0 aromatic heterocycles. The normalized spacial score (nSPS) is 19.5. The Morgan fingerprint density at radius 3 is 1.27 bits per heavy atom. The molecule has 9 N–H and O–H groups in total. The lowest BCUT2D eigenvalue weighted by Crippen LogP contribution is -2.50. The molecular weight excluding hydrogens is 1770 g/mol. The maximum Gasteiger partial charge on any atom is 0.415 e. The van der Waals surface area contributed by atoms with Crippen molar-refractivity contribution in [1.82, 2.24) is 60.0 Å². The Balaban J connectivity index is 0.000000169. The van der Waals surface area contributed by atoms with Gasteiger partial charge in [-0.25, -0.2) is 24.0 Å². The molecule has 5 aromatic carbocycles. The number of aliphatic hydroxyl groups is 2. The van der Waals surface area contributed by atoms with Crippen LogP contribution in [0.15, 0.2) is 114 Å². The van der Waals surface area contributed by atoms with E-state index in [1.807, 2.05) is 86.6 Å². The number of esters is 1. The third-order valence-corrected chi connectivity index (χ3v) is 27.2. The molecule has 0 radical (unpaired) electrons. The SMILES string of the molecule is CCOC(=O)C1CCN(C(=O)Oc2ccccc2)CC1.CCOc1cc(N)c(Cl)cc1C(=O)NCC1CN(CC2CCN(C(=O)N3CCCC3)CC2)CCO1.CCOc1cc(N)c(Cl)cc1C(=O)NCC1CNCCO1.Cc1ccc(S(=O)(=O)OCC2CCN(C(=O)N3CCCC3)CC2)cc1.O=C(N1CCCC1)N1CCC(CO)CC1.O=C(Oc1ccccc1)N1CCC(CO)CC1. The summed E-state index contributed by atoms with van der Waals surface area (Å²) < 4.78 is 67.7. The van der Waals surface area contributed by atoms with Gasteiger partial charge in [0.15, 0.2) is 0 Å². The summed E-state index contributed by atoms with van der Waals surface area (Å²) in [7, 11) is -3.71. The van der Waals surface area contributed by atoms with Crippen molar-refractivity contribution in [2.24, 2.45) is 29.6 Å². The van der Waals surface area contributed by atoms with Crippen molar-refractivity contribution in [3.8, 4) is 23.0 Å². The first-order chi connectivity index (χ1) is 64.3. The van der Waals surface area contributed by atoms with Gasteiger partial charge in [0.05, 0.1) is 95.2 Å². The monoisotopic (exact) mass is 1910 g/mol. The number of morpholine rings is 2. The van der Waals surface area contributed by atoms with Gasteiger partial charge in [0.1, 0.15) is 23.0 Å². The van der Waals surface area contributed by atoms with Gasteiger partial charge in [0.2, 0.25) is 0 Å². The largest absolute Gasteiger partial charge is 0.493 e. The van der Waals surface area contributed by atoms with Crippen LogP contribution in [0.1, 0.15) is 150 Å². The average molecular weight is 1910 g/mol. The van der Waals surface area contributed by atoms with Crippen LogP contribution >= 0.6 is 23.2 Å². The first-order valence-electron chi connectivity index (χ1n) is 47.5. The second kappa shape index (κ2) is 55.4. The zero-order valence-electron chi connectivity index (χ0n) is 77.8. The van der Waals surface area contributed by atoms with Crippen LogP contribution in [-0.4, -0.2) is 326 Å². The lowest BCUT2D eigenvalue weighted by Gasteiger charge is -2.39. The van der Waals surface area contributed by atoms with Gasteiger partial charge in [-0.2, -0.15) is 8.42 Å². The number of halogens is 2. The zero-order valence-corrected chi connectivity index (χ0v) is 80.1. The number of urea groups is 3. The Bertz CT molecular complexity index is 4540. The summed E-state index contributed by atoms with van der Waals surface area (Å²) in [6.07, 6.45) is 14.5. The molecule has 10 aliphatic heterocycles. The first-order valence-corrected chi connectivity index (χ1v) is 49.6.